The Balaban J connectivity index is 2.08. The van der Waals surface area contributed by atoms with E-state index in [0.29, 0.717) is 33.9 Å². The molecule has 0 aliphatic heterocycles. The highest BCUT2D eigenvalue weighted by Gasteiger charge is 2.16. The third-order valence-electron chi connectivity index (χ3n) is 3.69. The van der Waals surface area contributed by atoms with E-state index in [1.54, 1.807) is 24.3 Å². The molecule has 0 atom stereocenters. The fourth-order valence-electron chi connectivity index (χ4n) is 2.36. The average molecular weight is 375 g/mol. The molecule has 0 fully saturated rings. The monoisotopic (exact) mass is 374 g/mol. The first-order chi connectivity index (χ1) is 12.1. The molecule has 5 nitrogen and oxygen atoms in total. The van der Waals surface area contributed by atoms with Crippen LogP contribution in [-0.4, -0.2) is 40.5 Å². The fraction of sp³-hybridized carbons (Fsp3) is 0.167. The Bertz CT molecular complexity index is 854. The number of aliphatic hydroxyl groups is 1. The predicted octanol–water partition coefficient (Wildman–Crippen LogP) is 3.94. The van der Waals surface area contributed by atoms with Gasteiger partial charge in [-0.2, -0.15) is 0 Å². The van der Waals surface area contributed by atoms with Crippen molar-refractivity contribution in [3.05, 3.63) is 58.6 Å². The molecule has 0 amide bonds. The van der Waals surface area contributed by atoms with Gasteiger partial charge in [0.1, 0.15) is 5.69 Å². The molecule has 7 heteroatoms. The van der Waals surface area contributed by atoms with Gasteiger partial charge in [0.15, 0.2) is 11.6 Å². The third-order valence-corrected chi connectivity index (χ3v) is 4.19. The standard InChI is InChI=1S/C18H16Cl2N4O/c1-24(10-11-25)18-16(12-2-6-14(19)7-3-12)22-23-17(21-18)13-4-8-15(20)9-5-13/h2-9,25H,10-11H2,1H3. The summed E-state index contributed by atoms with van der Waals surface area (Å²) in [6, 6.07) is 14.6. The lowest BCUT2D eigenvalue weighted by Gasteiger charge is -2.20. The molecular weight excluding hydrogens is 359 g/mol. The van der Waals surface area contributed by atoms with E-state index in [4.69, 9.17) is 23.2 Å². The van der Waals surface area contributed by atoms with Gasteiger partial charge in [-0.05, 0) is 36.4 Å². The number of halogens is 2. The van der Waals surface area contributed by atoms with Crippen molar-refractivity contribution in [1.82, 2.24) is 15.2 Å². The lowest BCUT2D eigenvalue weighted by molar-refractivity contribution is 0.304. The second-order valence-electron chi connectivity index (χ2n) is 5.47. The maximum absolute atomic E-state index is 9.28. The maximum Gasteiger partial charge on any atom is 0.183 e. The van der Waals surface area contributed by atoms with Crippen LogP contribution in [0.25, 0.3) is 22.6 Å². The summed E-state index contributed by atoms with van der Waals surface area (Å²) in [5.74, 6) is 1.13. The van der Waals surface area contributed by atoms with Crippen molar-refractivity contribution >= 4 is 29.0 Å². The Morgan fingerprint density at radius 1 is 0.880 bits per heavy atom. The van der Waals surface area contributed by atoms with Crippen LogP contribution in [0, 0.1) is 0 Å². The van der Waals surface area contributed by atoms with E-state index >= 15 is 0 Å². The quantitative estimate of drug-likeness (QED) is 0.732. The first kappa shape index (κ1) is 17.6. The minimum atomic E-state index is 0.0108. The van der Waals surface area contributed by atoms with Gasteiger partial charge in [0.2, 0.25) is 0 Å². The van der Waals surface area contributed by atoms with E-state index in [1.165, 1.54) is 0 Å². The smallest absolute Gasteiger partial charge is 0.183 e. The van der Waals surface area contributed by atoms with E-state index in [9.17, 15) is 5.11 Å². The van der Waals surface area contributed by atoms with Gasteiger partial charge in [-0.25, -0.2) is 4.98 Å². The first-order valence-electron chi connectivity index (χ1n) is 7.67. The number of hydrogen-bond donors (Lipinski definition) is 1. The van der Waals surface area contributed by atoms with Gasteiger partial charge < -0.3 is 10.0 Å². The van der Waals surface area contributed by atoms with Crippen LogP contribution in [-0.2, 0) is 0 Å². The van der Waals surface area contributed by atoms with E-state index in [0.717, 1.165) is 11.1 Å². The molecule has 2 aromatic carbocycles. The van der Waals surface area contributed by atoms with Gasteiger partial charge in [-0.3, -0.25) is 0 Å². The maximum atomic E-state index is 9.28. The van der Waals surface area contributed by atoms with Crippen molar-refractivity contribution in [2.24, 2.45) is 0 Å². The Labute approximate surface area is 155 Å². The first-order valence-corrected chi connectivity index (χ1v) is 8.42. The third kappa shape index (κ3) is 4.07. The number of aromatic nitrogens is 3. The molecule has 0 radical (unpaired) electrons. The number of likely N-dealkylation sites (N-methyl/N-ethyl adjacent to an activating group) is 1. The Morgan fingerprint density at radius 3 is 2.00 bits per heavy atom. The fourth-order valence-corrected chi connectivity index (χ4v) is 2.61. The minimum Gasteiger partial charge on any atom is -0.395 e. The molecule has 1 N–H and O–H groups in total. The van der Waals surface area contributed by atoms with Gasteiger partial charge >= 0.3 is 0 Å². The zero-order valence-electron chi connectivity index (χ0n) is 13.5. The predicted molar refractivity (Wildman–Crippen MR) is 101 cm³/mol. The summed E-state index contributed by atoms with van der Waals surface area (Å²) in [6.07, 6.45) is 0. The minimum absolute atomic E-state index is 0.0108. The van der Waals surface area contributed by atoms with E-state index in [2.05, 4.69) is 15.2 Å². The Kier molecular flexibility index (Phi) is 5.48. The number of rotatable bonds is 5. The number of nitrogens with zero attached hydrogens (tertiary/aromatic N) is 4. The van der Waals surface area contributed by atoms with Crippen LogP contribution >= 0.6 is 23.2 Å². The molecule has 25 heavy (non-hydrogen) atoms. The van der Waals surface area contributed by atoms with Crippen molar-refractivity contribution in [2.45, 2.75) is 0 Å². The van der Waals surface area contributed by atoms with E-state index in [-0.39, 0.29) is 6.61 Å². The number of hydrogen-bond acceptors (Lipinski definition) is 5. The molecule has 3 rings (SSSR count). The van der Waals surface area contributed by atoms with E-state index < -0.39 is 0 Å². The highest BCUT2D eigenvalue weighted by Crippen LogP contribution is 2.29. The van der Waals surface area contributed by atoms with Gasteiger partial charge in [-0.1, -0.05) is 35.3 Å². The number of anilines is 1. The van der Waals surface area contributed by atoms with Crippen molar-refractivity contribution < 1.29 is 5.11 Å². The Hall–Kier alpha value is -2.21. The zero-order valence-corrected chi connectivity index (χ0v) is 15.0. The highest BCUT2D eigenvalue weighted by molar-refractivity contribution is 6.30. The molecule has 1 aromatic heterocycles. The largest absolute Gasteiger partial charge is 0.395 e. The van der Waals surface area contributed by atoms with Crippen LogP contribution < -0.4 is 4.90 Å². The van der Waals surface area contributed by atoms with Crippen molar-refractivity contribution in [3.63, 3.8) is 0 Å². The summed E-state index contributed by atoms with van der Waals surface area (Å²) in [5, 5.41) is 19.2. The molecule has 3 aromatic rings. The molecule has 0 spiro atoms. The zero-order chi connectivity index (χ0) is 17.8. The second-order valence-corrected chi connectivity index (χ2v) is 6.34. The average Bonchev–Trinajstić information content (AvgIpc) is 2.63. The van der Waals surface area contributed by atoms with Crippen LogP contribution in [0.2, 0.25) is 10.0 Å². The summed E-state index contributed by atoms with van der Waals surface area (Å²) in [7, 11) is 1.85. The lowest BCUT2D eigenvalue weighted by Crippen LogP contribution is -2.24. The van der Waals surface area contributed by atoms with Crippen molar-refractivity contribution in [2.75, 3.05) is 25.1 Å². The van der Waals surface area contributed by atoms with Crippen molar-refractivity contribution in [1.29, 1.82) is 0 Å². The highest BCUT2D eigenvalue weighted by atomic mass is 35.5. The van der Waals surface area contributed by atoms with Gasteiger partial charge in [0, 0.05) is 34.8 Å². The topological polar surface area (TPSA) is 62.1 Å². The molecule has 0 aliphatic rings. The van der Waals surface area contributed by atoms with Gasteiger partial charge in [-0.15, -0.1) is 10.2 Å². The molecule has 0 saturated carbocycles. The molecule has 0 saturated heterocycles. The second kappa shape index (κ2) is 7.78. The molecule has 1 heterocycles. The molecular formula is C18H16Cl2N4O. The molecule has 0 aliphatic carbocycles. The number of aliphatic hydroxyl groups excluding tert-OH is 1. The molecule has 0 unspecified atom stereocenters. The normalized spacial score (nSPS) is 10.7. The van der Waals surface area contributed by atoms with Crippen molar-refractivity contribution in [3.8, 4) is 22.6 Å². The summed E-state index contributed by atoms with van der Waals surface area (Å²) in [4.78, 5) is 6.50. The molecule has 128 valence electrons. The van der Waals surface area contributed by atoms with E-state index in [1.807, 2.05) is 36.2 Å². The summed E-state index contributed by atoms with van der Waals surface area (Å²) in [5.41, 5.74) is 2.30. The van der Waals surface area contributed by atoms with Crippen LogP contribution in [0.5, 0.6) is 0 Å². The lowest BCUT2D eigenvalue weighted by atomic mass is 10.1. The SMILES string of the molecule is CN(CCO)c1nc(-c2ccc(Cl)cc2)nnc1-c1ccc(Cl)cc1. The van der Waals surface area contributed by atoms with Crippen LogP contribution in [0.1, 0.15) is 0 Å². The van der Waals surface area contributed by atoms with Gasteiger partial charge in [0.05, 0.1) is 6.61 Å². The van der Waals surface area contributed by atoms with Crippen LogP contribution in [0.15, 0.2) is 48.5 Å². The molecule has 0 bridgehead atoms. The summed E-state index contributed by atoms with van der Waals surface area (Å²) < 4.78 is 0. The van der Waals surface area contributed by atoms with Crippen LogP contribution in [0.3, 0.4) is 0 Å². The number of benzene rings is 2. The van der Waals surface area contributed by atoms with Gasteiger partial charge in [0.25, 0.3) is 0 Å². The summed E-state index contributed by atoms with van der Waals surface area (Å²) >= 11 is 11.9. The van der Waals surface area contributed by atoms with Crippen LogP contribution in [0.4, 0.5) is 5.82 Å². The Morgan fingerprint density at radius 2 is 1.44 bits per heavy atom. The summed E-state index contributed by atoms with van der Waals surface area (Å²) in [6.45, 7) is 0.441.